The predicted molar refractivity (Wildman–Crippen MR) is 100 cm³/mol. The summed E-state index contributed by atoms with van der Waals surface area (Å²) < 4.78 is 0. The maximum Gasteiger partial charge on any atom is 0.255 e. The van der Waals surface area contributed by atoms with E-state index in [4.69, 9.17) is 0 Å². The molecule has 0 saturated carbocycles. The van der Waals surface area contributed by atoms with E-state index in [-0.39, 0.29) is 5.91 Å². The average Bonchev–Trinajstić information content (AvgIpc) is 2.56. The molecule has 0 atom stereocenters. The quantitative estimate of drug-likeness (QED) is 0.743. The number of benzene rings is 2. The topological polar surface area (TPSA) is 66.9 Å². The number of aryl methyl sites for hydroxylation is 3. The molecule has 0 bridgehead atoms. The molecule has 25 heavy (non-hydrogen) atoms. The normalized spacial score (nSPS) is 10.4. The highest BCUT2D eigenvalue weighted by Crippen LogP contribution is 2.16. The Balaban J connectivity index is 1.68. The number of amides is 1. The molecule has 3 aromatic rings. The molecule has 0 radical (unpaired) electrons. The number of anilines is 3. The van der Waals surface area contributed by atoms with Crippen LogP contribution in [0.5, 0.6) is 0 Å². The van der Waals surface area contributed by atoms with Gasteiger partial charge < -0.3 is 10.6 Å². The van der Waals surface area contributed by atoms with E-state index in [9.17, 15) is 4.79 Å². The second kappa shape index (κ2) is 7.13. The van der Waals surface area contributed by atoms with Gasteiger partial charge in [0.2, 0.25) is 5.95 Å². The molecule has 5 nitrogen and oxygen atoms in total. The molecule has 0 spiro atoms. The number of carbonyl (C=O) groups is 1. The summed E-state index contributed by atoms with van der Waals surface area (Å²) >= 11 is 0. The van der Waals surface area contributed by atoms with Crippen molar-refractivity contribution in [3.05, 3.63) is 77.1 Å². The SMILES string of the molecule is Cc1ccc(NC(=O)c2ccc(Nc3nc(C)cc(C)n3)cc2)cc1. The summed E-state index contributed by atoms with van der Waals surface area (Å²) in [6, 6.07) is 16.9. The van der Waals surface area contributed by atoms with Crippen LogP contribution in [0.4, 0.5) is 17.3 Å². The Bertz CT molecular complexity index is 866. The zero-order chi connectivity index (χ0) is 17.8. The summed E-state index contributed by atoms with van der Waals surface area (Å²) in [5.74, 6) is 0.410. The molecule has 0 fully saturated rings. The highest BCUT2D eigenvalue weighted by atomic mass is 16.1. The van der Waals surface area contributed by atoms with Gasteiger partial charge in [0.15, 0.2) is 0 Å². The number of nitrogens with zero attached hydrogens (tertiary/aromatic N) is 2. The second-order valence-electron chi connectivity index (χ2n) is 6.00. The molecule has 0 unspecified atom stereocenters. The van der Waals surface area contributed by atoms with E-state index in [0.717, 1.165) is 28.3 Å². The van der Waals surface area contributed by atoms with Crippen LogP contribution in [0.25, 0.3) is 0 Å². The van der Waals surface area contributed by atoms with E-state index < -0.39 is 0 Å². The van der Waals surface area contributed by atoms with Crippen LogP contribution >= 0.6 is 0 Å². The third-order valence-electron chi connectivity index (χ3n) is 3.69. The molecule has 5 heteroatoms. The molecule has 1 heterocycles. The first-order valence-corrected chi connectivity index (χ1v) is 8.07. The molecule has 1 amide bonds. The van der Waals surface area contributed by atoms with Crippen LogP contribution in [-0.2, 0) is 0 Å². The number of aromatic nitrogens is 2. The third kappa shape index (κ3) is 4.41. The molecule has 126 valence electrons. The number of nitrogens with one attached hydrogen (secondary N) is 2. The van der Waals surface area contributed by atoms with Crippen molar-refractivity contribution >= 4 is 23.2 Å². The molecule has 2 N–H and O–H groups in total. The molecule has 0 aliphatic rings. The van der Waals surface area contributed by atoms with Gasteiger partial charge >= 0.3 is 0 Å². The van der Waals surface area contributed by atoms with Gasteiger partial charge in [-0.15, -0.1) is 0 Å². The lowest BCUT2D eigenvalue weighted by Gasteiger charge is -2.08. The van der Waals surface area contributed by atoms with Gasteiger partial charge in [-0.05, 0) is 63.2 Å². The molecule has 1 aromatic heterocycles. The van der Waals surface area contributed by atoms with Crippen LogP contribution in [0.1, 0.15) is 27.3 Å². The molecule has 0 aliphatic heterocycles. The summed E-state index contributed by atoms with van der Waals surface area (Å²) in [5.41, 5.74) is 5.17. The van der Waals surface area contributed by atoms with Crippen molar-refractivity contribution in [2.45, 2.75) is 20.8 Å². The van der Waals surface area contributed by atoms with E-state index >= 15 is 0 Å². The molecular weight excluding hydrogens is 312 g/mol. The van der Waals surface area contributed by atoms with Crippen molar-refractivity contribution in [3.8, 4) is 0 Å². The van der Waals surface area contributed by atoms with E-state index in [1.165, 1.54) is 0 Å². The maximum absolute atomic E-state index is 12.3. The third-order valence-corrected chi connectivity index (χ3v) is 3.69. The van der Waals surface area contributed by atoms with Crippen LogP contribution in [0.2, 0.25) is 0 Å². The lowest BCUT2D eigenvalue weighted by atomic mass is 10.1. The minimum atomic E-state index is -0.141. The van der Waals surface area contributed by atoms with Gasteiger partial charge in [-0.25, -0.2) is 9.97 Å². The molecule has 3 rings (SSSR count). The Labute approximate surface area is 147 Å². The number of hydrogen-bond donors (Lipinski definition) is 2. The smallest absolute Gasteiger partial charge is 0.255 e. The first-order chi connectivity index (χ1) is 12.0. The average molecular weight is 332 g/mol. The van der Waals surface area contributed by atoms with E-state index in [1.807, 2.05) is 63.2 Å². The number of carbonyl (C=O) groups excluding carboxylic acids is 1. The van der Waals surface area contributed by atoms with E-state index in [1.54, 1.807) is 12.1 Å². The Hall–Kier alpha value is -3.21. The van der Waals surface area contributed by atoms with Crippen molar-refractivity contribution in [1.82, 2.24) is 9.97 Å². The van der Waals surface area contributed by atoms with E-state index in [0.29, 0.717) is 11.5 Å². The van der Waals surface area contributed by atoms with Gasteiger partial charge in [0.25, 0.3) is 5.91 Å². The van der Waals surface area contributed by atoms with E-state index in [2.05, 4.69) is 20.6 Å². The van der Waals surface area contributed by atoms with Gasteiger partial charge in [0.1, 0.15) is 0 Å². The first kappa shape index (κ1) is 16.6. The maximum atomic E-state index is 12.3. The molecular formula is C20H20N4O. The fourth-order valence-corrected chi connectivity index (χ4v) is 2.46. The summed E-state index contributed by atoms with van der Waals surface area (Å²) in [4.78, 5) is 21.0. The van der Waals surface area contributed by atoms with Crippen LogP contribution in [0.15, 0.2) is 54.6 Å². The van der Waals surface area contributed by atoms with Crippen LogP contribution in [0.3, 0.4) is 0 Å². The Kier molecular flexibility index (Phi) is 4.75. The van der Waals surface area contributed by atoms with Gasteiger partial charge in [-0.3, -0.25) is 4.79 Å². The van der Waals surface area contributed by atoms with Gasteiger partial charge in [0, 0.05) is 28.3 Å². The van der Waals surface area contributed by atoms with Gasteiger partial charge in [-0.1, -0.05) is 17.7 Å². The van der Waals surface area contributed by atoms with Gasteiger partial charge in [-0.2, -0.15) is 0 Å². The largest absolute Gasteiger partial charge is 0.324 e. The van der Waals surface area contributed by atoms with Crippen LogP contribution < -0.4 is 10.6 Å². The fraction of sp³-hybridized carbons (Fsp3) is 0.150. The second-order valence-corrected chi connectivity index (χ2v) is 6.00. The minimum Gasteiger partial charge on any atom is -0.324 e. The lowest BCUT2D eigenvalue weighted by Crippen LogP contribution is -2.11. The fourth-order valence-electron chi connectivity index (χ4n) is 2.46. The molecule has 2 aromatic carbocycles. The molecule has 0 saturated heterocycles. The summed E-state index contributed by atoms with van der Waals surface area (Å²) in [6.45, 7) is 5.87. The number of hydrogen-bond acceptors (Lipinski definition) is 4. The van der Waals surface area contributed by atoms with Crippen molar-refractivity contribution in [3.63, 3.8) is 0 Å². The van der Waals surface area contributed by atoms with Crippen LogP contribution in [-0.4, -0.2) is 15.9 Å². The highest BCUT2D eigenvalue weighted by Gasteiger charge is 2.07. The zero-order valence-corrected chi connectivity index (χ0v) is 14.5. The minimum absolute atomic E-state index is 0.141. The summed E-state index contributed by atoms with van der Waals surface area (Å²) in [5, 5.41) is 6.04. The van der Waals surface area contributed by atoms with Crippen molar-refractivity contribution in [2.75, 3.05) is 10.6 Å². The first-order valence-electron chi connectivity index (χ1n) is 8.07. The molecule has 0 aliphatic carbocycles. The Morgan fingerprint density at radius 3 is 1.96 bits per heavy atom. The Morgan fingerprint density at radius 1 is 0.800 bits per heavy atom. The summed E-state index contributed by atoms with van der Waals surface area (Å²) in [7, 11) is 0. The van der Waals surface area contributed by atoms with Crippen LogP contribution in [0, 0.1) is 20.8 Å². The number of rotatable bonds is 4. The summed E-state index contributed by atoms with van der Waals surface area (Å²) in [6.07, 6.45) is 0. The van der Waals surface area contributed by atoms with Crippen molar-refractivity contribution in [1.29, 1.82) is 0 Å². The van der Waals surface area contributed by atoms with Gasteiger partial charge in [0.05, 0.1) is 0 Å². The Morgan fingerprint density at radius 2 is 1.36 bits per heavy atom. The zero-order valence-electron chi connectivity index (χ0n) is 14.5. The standard InChI is InChI=1S/C20H20N4O/c1-13-4-8-17(9-5-13)23-19(25)16-6-10-18(11-7-16)24-20-21-14(2)12-15(3)22-20/h4-12H,1-3H3,(H,23,25)(H,21,22,24). The van der Waals surface area contributed by atoms with Crippen molar-refractivity contribution in [2.24, 2.45) is 0 Å². The lowest BCUT2D eigenvalue weighted by molar-refractivity contribution is 0.102. The highest BCUT2D eigenvalue weighted by molar-refractivity contribution is 6.04. The predicted octanol–water partition coefficient (Wildman–Crippen LogP) is 4.40. The monoisotopic (exact) mass is 332 g/mol. The van der Waals surface area contributed by atoms with Crippen molar-refractivity contribution < 1.29 is 4.79 Å².